The Kier molecular flexibility index (Phi) is 3.66. The molecule has 1 saturated heterocycles. The molecule has 0 atom stereocenters. The lowest BCUT2D eigenvalue weighted by Crippen LogP contribution is -2.40. The summed E-state index contributed by atoms with van der Waals surface area (Å²) in [6, 6.07) is 0. The molecule has 1 aliphatic heterocycles. The second kappa shape index (κ2) is 5.72. The van der Waals surface area contributed by atoms with Crippen LogP contribution in [0.5, 0.6) is 0 Å². The maximum atomic E-state index is 13.7. The van der Waals surface area contributed by atoms with Crippen molar-refractivity contribution in [3.63, 3.8) is 0 Å². The van der Waals surface area contributed by atoms with Gasteiger partial charge in [0.05, 0.1) is 18.2 Å². The largest absolute Gasteiger partial charge is 0.466 e. The van der Waals surface area contributed by atoms with Crippen molar-refractivity contribution in [2.24, 2.45) is 11.3 Å². The summed E-state index contributed by atoms with van der Waals surface area (Å²) < 4.78 is 18.9. The number of hydrogen-bond donors (Lipinski definition) is 1. The zero-order chi connectivity index (χ0) is 16.7. The fourth-order valence-corrected chi connectivity index (χ4v) is 3.85. The minimum atomic E-state index is -0.381. The first-order valence-electron chi connectivity index (χ1n) is 8.56. The van der Waals surface area contributed by atoms with Crippen LogP contribution in [0.3, 0.4) is 0 Å². The van der Waals surface area contributed by atoms with Crippen molar-refractivity contribution in [2.75, 3.05) is 24.6 Å². The van der Waals surface area contributed by atoms with Gasteiger partial charge in [-0.05, 0) is 38.5 Å². The number of ether oxygens (including phenoxy) is 1. The van der Waals surface area contributed by atoms with Gasteiger partial charge >= 0.3 is 5.97 Å². The Hall–Kier alpha value is -2.18. The van der Waals surface area contributed by atoms with Crippen molar-refractivity contribution in [3.05, 3.63) is 18.2 Å². The van der Waals surface area contributed by atoms with Crippen molar-refractivity contribution < 1.29 is 13.9 Å². The van der Waals surface area contributed by atoms with Crippen LogP contribution >= 0.6 is 0 Å². The summed E-state index contributed by atoms with van der Waals surface area (Å²) in [6.45, 7) is 3.90. The second-order valence-corrected chi connectivity index (χ2v) is 6.70. The van der Waals surface area contributed by atoms with Crippen molar-refractivity contribution in [1.29, 1.82) is 0 Å². The highest BCUT2D eigenvalue weighted by Crippen LogP contribution is 2.56. The summed E-state index contributed by atoms with van der Waals surface area (Å²) in [7, 11) is 0. The number of aromatic amines is 1. The first kappa shape index (κ1) is 15.4. The van der Waals surface area contributed by atoms with Gasteiger partial charge in [-0.2, -0.15) is 0 Å². The zero-order valence-electron chi connectivity index (χ0n) is 13.7. The zero-order valence-corrected chi connectivity index (χ0v) is 13.7. The predicted molar refractivity (Wildman–Crippen MR) is 87.1 cm³/mol. The quantitative estimate of drug-likeness (QED) is 0.872. The molecule has 4 rings (SSSR count). The van der Waals surface area contributed by atoms with Crippen LogP contribution in [0.1, 0.15) is 32.6 Å². The lowest BCUT2D eigenvalue weighted by atomic mass is 9.81. The van der Waals surface area contributed by atoms with Crippen LogP contribution < -0.4 is 4.90 Å². The predicted octanol–water partition coefficient (Wildman–Crippen LogP) is 2.66. The summed E-state index contributed by atoms with van der Waals surface area (Å²) in [4.78, 5) is 25.7. The van der Waals surface area contributed by atoms with Gasteiger partial charge < -0.3 is 14.6 Å². The van der Waals surface area contributed by atoms with Gasteiger partial charge in [-0.1, -0.05) is 0 Å². The third-order valence-corrected chi connectivity index (χ3v) is 5.39. The third kappa shape index (κ3) is 2.42. The number of anilines is 1. The molecule has 0 unspecified atom stereocenters. The van der Waals surface area contributed by atoms with Crippen LogP contribution in [0, 0.1) is 17.2 Å². The fraction of sp³-hybridized carbons (Fsp3) is 0.588. The van der Waals surface area contributed by atoms with Crippen LogP contribution in [-0.2, 0) is 9.53 Å². The van der Waals surface area contributed by atoms with Gasteiger partial charge in [0, 0.05) is 19.3 Å². The molecule has 2 fully saturated rings. The summed E-state index contributed by atoms with van der Waals surface area (Å²) >= 11 is 0. The third-order valence-electron chi connectivity index (χ3n) is 5.39. The van der Waals surface area contributed by atoms with Crippen LogP contribution in [0.2, 0.25) is 0 Å². The first-order chi connectivity index (χ1) is 11.6. The van der Waals surface area contributed by atoms with Gasteiger partial charge in [-0.25, -0.2) is 14.4 Å². The number of esters is 1. The molecule has 128 valence electrons. The molecule has 2 aromatic heterocycles. The molecule has 0 aromatic carbocycles. The van der Waals surface area contributed by atoms with Crippen molar-refractivity contribution >= 4 is 23.0 Å². The van der Waals surface area contributed by atoms with E-state index in [1.54, 1.807) is 6.20 Å². The number of rotatable bonds is 4. The van der Waals surface area contributed by atoms with E-state index < -0.39 is 0 Å². The van der Waals surface area contributed by atoms with Crippen LogP contribution in [-0.4, -0.2) is 40.6 Å². The summed E-state index contributed by atoms with van der Waals surface area (Å²) in [5.41, 5.74) is 0.495. The molecular formula is C17H21FN4O2. The Bertz CT molecular complexity index is 763. The average Bonchev–Trinajstić information content (AvgIpc) is 3.35. The molecule has 24 heavy (non-hydrogen) atoms. The number of piperidine rings is 1. The molecule has 1 aliphatic carbocycles. The van der Waals surface area contributed by atoms with Gasteiger partial charge in [0.25, 0.3) is 0 Å². The summed E-state index contributed by atoms with van der Waals surface area (Å²) in [5, 5.41) is 0. The Morgan fingerprint density at radius 2 is 2.21 bits per heavy atom. The van der Waals surface area contributed by atoms with E-state index in [2.05, 4.69) is 19.9 Å². The van der Waals surface area contributed by atoms with Crippen LogP contribution in [0.15, 0.2) is 12.4 Å². The van der Waals surface area contributed by atoms with Crippen LogP contribution in [0.25, 0.3) is 11.2 Å². The molecule has 0 amide bonds. The molecule has 6 nitrogen and oxygen atoms in total. The molecule has 2 aromatic rings. The number of nitrogens with zero attached hydrogens (tertiary/aromatic N) is 3. The molecular weight excluding hydrogens is 311 g/mol. The topological polar surface area (TPSA) is 71.1 Å². The van der Waals surface area contributed by atoms with E-state index in [0.29, 0.717) is 24.0 Å². The number of carbonyl (C=O) groups excluding carboxylic acids is 1. The van der Waals surface area contributed by atoms with Crippen molar-refractivity contribution in [3.8, 4) is 0 Å². The van der Waals surface area contributed by atoms with Gasteiger partial charge in [-0.15, -0.1) is 0 Å². The maximum absolute atomic E-state index is 13.7. The lowest BCUT2D eigenvalue weighted by molar-refractivity contribution is -0.152. The molecule has 1 saturated carbocycles. The van der Waals surface area contributed by atoms with Gasteiger partial charge in [-0.3, -0.25) is 4.79 Å². The number of hydrogen-bond acceptors (Lipinski definition) is 5. The van der Waals surface area contributed by atoms with E-state index in [-0.39, 0.29) is 22.7 Å². The SMILES string of the molecule is CCOC(=O)C1(C2CCN(c3cnc4[nH]cc(F)c4n3)CC2)CC1. The highest BCUT2D eigenvalue weighted by atomic mass is 19.1. The molecule has 0 radical (unpaired) electrons. The fourth-order valence-electron chi connectivity index (χ4n) is 3.85. The van der Waals surface area contributed by atoms with E-state index in [4.69, 9.17) is 4.74 Å². The smallest absolute Gasteiger partial charge is 0.312 e. The Labute approximate surface area is 139 Å². The minimum absolute atomic E-state index is 0.0287. The molecule has 7 heteroatoms. The van der Waals surface area contributed by atoms with Gasteiger partial charge in [0.1, 0.15) is 11.3 Å². The number of H-pyrrole nitrogens is 1. The van der Waals surface area contributed by atoms with E-state index in [1.165, 1.54) is 6.20 Å². The van der Waals surface area contributed by atoms with E-state index >= 15 is 0 Å². The number of fused-ring (bicyclic) bond motifs is 1. The second-order valence-electron chi connectivity index (χ2n) is 6.70. The molecule has 1 N–H and O–H groups in total. The van der Waals surface area contributed by atoms with Gasteiger partial charge in [0.15, 0.2) is 11.5 Å². The monoisotopic (exact) mass is 332 g/mol. The number of carbonyl (C=O) groups is 1. The number of halogens is 1. The Morgan fingerprint density at radius 3 is 2.88 bits per heavy atom. The lowest BCUT2D eigenvalue weighted by Gasteiger charge is -2.35. The van der Waals surface area contributed by atoms with Crippen molar-refractivity contribution in [1.82, 2.24) is 15.0 Å². The Balaban J connectivity index is 1.45. The molecule has 2 aliphatic rings. The van der Waals surface area contributed by atoms with E-state index in [1.807, 2.05) is 6.92 Å². The Morgan fingerprint density at radius 1 is 1.46 bits per heavy atom. The number of nitrogens with one attached hydrogen (secondary N) is 1. The minimum Gasteiger partial charge on any atom is -0.466 e. The van der Waals surface area contributed by atoms with Crippen molar-refractivity contribution in [2.45, 2.75) is 32.6 Å². The summed E-state index contributed by atoms with van der Waals surface area (Å²) in [6.07, 6.45) is 6.68. The molecule has 0 bridgehead atoms. The maximum Gasteiger partial charge on any atom is 0.312 e. The van der Waals surface area contributed by atoms with E-state index in [0.717, 1.165) is 38.8 Å². The summed E-state index contributed by atoms with van der Waals surface area (Å²) in [5.74, 6) is 0.654. The highest BCUT2D eigenvalue weighted by Gasteiger charge is 2.56. The normalized spacial score (nSPS) is 20.3. The van der Waals surface area contributed by atoms with Crippen LogP contribution in [0.4, 0.5) is 10.2 Å². The molecule has 3 heterocycles. The number of aromatic nitrogens is 3. The first-order valence-corrected chi connectivity index (χ1v) is 8.56. The van der Waals surface area contributed by atoms with Gasteiger partial charge in [0.2, 0.25) is 0 Å². The highest BCUT2D eigenvalue weighted by molar-refractivity contribution is 5.80. The standard InChI is InChI=1S/C17H21FN4O2/c1-2-24-16(23)17(5-6-17)11-3-7-22(8-4-11)13-10-20-15-14(21-13)12(18)9-19-15/h9-11H,2-8H2,1H3,(H,19,20). The molecule has 0 spiro atoms. The average molecular weight is 332 g/mol. The van der Waals surface area contributed by atoms with E-state index in [9.17, 15) is 9.18 Å².